The molecule has 0 spiro atoms. The second-order valence-corrected chi connectivity index (χ2v) is 5.61. The Bertz CT molecular complexity index is 1010. The molecule has 1 amide bonds. The number of hydrogen-bond donors (Lipinski definition) is 2. The lowest BCUT2D eigenvalue weighted by Gasteiger charge is -2.11. The summed E-state index contributed by atoms with van der Waals surface area (Å²) in [5.41, 5.74) is 1.41. The molecule has 1 aromatic heterocycles. The van der Waals surface area contributed by atoms with Crippen molar-refractivity contribution in [3.8, 4) is 5.75 Å². The number of hydrogen-bond acceptors (Lipinski definition) is 7. The predicted molar refractivity (Wildman–Crippen MR) is 104 cm³/mol. The molecule has 0 unspecified atom stereocenters. The highest BCUT2D eigenvalue weighted by molar-refractivity contribution is 6.07. The molecule has 8 heteroatoms. The van der Waals surface area contributed by atoms with Gasteiger partial charge in [0.2, 0.25) is 0 Å². The Morgan fingerprint density at radius 2 is 1.64 bits per heavy atom. The largest absolute Gasteiger partial charge is 0.495 e. The fourth-order valence-electron chi connectivity index (χ4n) is 2.50. The maximum Gasteiger partial charge on any atom is 0.339 e. The van der Waals surface area contributed by atoms with Crippen LogP contribution in [-0.2, 0) is 4.74 Å². The number of nitrogens with zero attached hydrogens (tertiary/aromatic N) is 2. The third kappa shape index (κ3) is 4.24. The van der Waals surface area contributed by atoms with E-state index in [1.807, 2.05) is 18.2 Å². The van der Waals surface area contributed by atoms with E-state index in [1.54, 1.807) is 37.4 Å². The van der Waals surface area contributed by atoms with Crippen LogP contribution in [0, 0.1) is 0 Å². The summed E-state index contributed by atoms with van der Waals surface area (Å²) in [6.45, 7) is 0. The van der Waals surface area contributed by atoms with E-state index in [0.717, 1.165) is 0 Å². The summed E-state index contributed by atoms with van der Waals surface area (Å²) in [5.74, 6) is 0.0315. The summed E-state index contributed by atoms with van der Waals surface area (Å²) in [6, 6.07) is 15.4. The number of benzene rings is 2. The minimum absolute atomic E-state index is 0.132. The van der Waals surface area contributed by atoms with Crippen molar-refractivity contribution in [1.29, 1.82) is 0 Å². The zero-order chi connectivity index (χ0) is 19.9. The first kappa shape index (κ1) is 18.8. The van der Waals surface area contributed by atoms with Crippen molar-refractivity contribution < 1.29 is 19.1 Å². The van der Waals surface area contributed by atoms with Gasteiger partial charge in [0, 0.05) is 6.07 Å². The first-order valence-corrected chi connectivity index (χ1v) is 8.33. The van der Waals surface area contributed by atoms with Gasteiger partial charge in [0.05, 0.1) is 31.2 Å². The van der Waals surface area contributed by atoms with E-state index >= 15 is 0 Å². The van der Waals surface area contributed by atoms with Crippen LogP contribution in [0.25, 0.3) is 0 Å². The number of methoxy groups -OCH3 is 2. The standard InChI is InChI=1S/C20H18N4O4/c1-27-17-10-6-5-9-15(17)23-18-11-16(21-12-22-18)19(25)24-14-8-4-3-7-13(14)20(26)28-2/h3-12H,1-2H3,(H,24,25)(H,21,22,23). The molecule has 2 N–H and O–H groups in total. The van der Waals surface area contributed by atoms with Gasteiger partial charge in [-0.3, -0.25) is 4.79 Å². The number of ether oxygens (including phenoxy) is 2. The Morgan fingerprint density at radius 3 is 2.39 bits per heavy atom. The Morgan fingerprint density at radius 1 is 0.929 bits per heavy atom. The molecular weight excluding hydrogens is 360 g/mol. The topological polar surface area (TPSA) is 102 Å². The Kier molecular flexibility index (Phi) is 5.81. The minimum atomic E-state index is -0.544. The van der Waals surface area contributed by atoms with Crippen LogP contribution in [0.4, 0.5) is 17.2 Å². The molecule has 0 aliphatic rings. The van der Waals surface area contributed by atoms with Gasteiger partial charge in [-0.15, -0.1) is 0 Å². The van der Waals surface area contributed by atoms with Gasteiger partial charge < -0.3 is 20.1 Å². The maximum absolute atomic E-state index is 12.6. The monoisotopic (exact) mass is 378 g/mol. The van der Waals surface area contributed by atoms with E-state index in [4.69, 9.17) is 9.47 Å². The van der Waals surface area contributed by atoms with Gasteiger partial charge in [-0.25, -0.2) is 14.8 Å². The van der Waals surface area contributed by atoms with Gasteiger partial charge in [-0.2, -0.15) is 0 Å². The van der Waals surface area contributed by atoms with Crippen LogP contribution in [0.1, 0.15) is 20.8 Å². The minimum Gasteiger partial charge on any atom is -0.495 e. The van der Waals surface area contributed by atoms with E-state index in [2.05, 4.69) is 20.6 Å². The van der Waals surface area contributed by atoms with E-state index in [0.29, 0.717) is 22.9 Å². The molecule has 1 heterocycles. The van der Waals surface area contributed by atoms with Crippen molar-refractivity contribution in [2.75, 3.05) is 24.9 Å². The van der Waals surface area contributed by atoms with Crippen molar-refractivity contribution in [2.24, 2.45) is 0 Å². The molecule has 28 heavy (non-hydrogen) atoms. The number of aromatic nitrogens is 2. The normalized spacial score (nSPS) is 10.1. The fourth-order valence-corrected chi connectivity index (χ4v) is 2.50. The van der Waals surface area contributed by atoms with Gasteiger partial charge in [0.1, 0.15) is 23.6 Å². The first-order valence-electron chi connectivity index (χ1n) is 8.33. The molecule has 0 aliphatic heterocycles. The van der Waals surface area contributed by atoms with E-state index in [-0.39, 0.29) is 11.3 Å². The average Bonchev–Trinajstić information content (AvgIpc) is 2.74. The van der Waals surface area contributed by atoms with Crippen molar-refractivity contribution in [3.05, 3.63) is 72.2 Å². The van der Waals surface area contributed by atoms with E-state index in [9.17, 15) is 9.59 Å². The maximum atomic E-state index is 12.6. The lowest BCUT2D eigenvalue weighted by Crippen LogP contribution is -2.17. The molecule has 3 rings (SSSR count). The van der Waals surface area contributed by atoms with E-state index < -0.39 is 11.9 Å². The quantitative estimate of drug-likeness (QED) is 0.635. The first-order chi connectivity index (χ1) is 13.6. The summed E-state index contributed by atoms with van der Waals surface area (Å²) in [4.78, 5) is 32.6. The number of para-hydroxylation sites is 3. The molecule has 2 aromatic carbocycles. The molecule has 0 atom stereocenters. The van der Waals surface area contributed by atoms with Gasteiger partial charge >= 0.3 is 5.97 Å². The Hall–Kier alpha value is -3.94. The number of nitrogens with one attached hydrogen (secondary N) is 2. The van der Waals surface area contributed by atoms with Crippen LogP contribution in [0.15, 0.2) is 60.9 Å². The van der Waals surface area contributed by atoms with Crippen LogP contribution in [0.2, 0.25) is 0 Å². The van der Waals surface area contributed by atoms with Crippen molar-refractivity contribution >= 4 is 29.1 Å². The highest BCUT2D eigenvalue weighted by atomic mass is 16.5. The average molecular weight is 378 g/mol. The number of amides is 1. The number of carbonyl (C=O) groups is 2. The SMILES string of the molecule is COC(=O)c1ccccc1NC(=O)c1cc(Nc2ccccc2OC)ncn1. The van der Waals surface area contributed by atoms with Gasteiger partial charge in [0.25, 0.3) is 5.91 Å². The van der Waals surface area contributed by atoms with Crippen LogP contribution in [0.3, 0.4) is 0 Å². The summed E-state index contributed by atoms with van der Waals surface area (Å²) in [5, 5.41) is 5.76. The molecule has 3 aromatic rings. The van der Waals surface area contributed by atoms with Crippen molar-refractivity contribution in [2.45, 2.75) is 0 Å². The van der Waals surface area contributed by atoms with Crippen LogP contribution in [-0.4, -0.2) is 36.1 Å². The molecule has 0 aliphatic carbocycles. The highest BCUT2D eigenvalue weighted by Gasteiger charge is 2.15. The van der Waals surface area contributed by atoms with Gasteiger partial charge in [0.15, 0.2) is 0 Å². The Balaban J connectivity index is 1.81. The van der Waals surface area contributed by atoms with Gasteiger partial charge in [-0.05, 0) is 24.3 Å². The second-order valence-electron chi connectivity index (χ2n) is 5.61. The molecule has 0 fully saturated rings. The molecule has 0 radical (unpaired) electrons. The molecule has 0 saturated heterocycles. The molecule has 0 saturated carbocycles. The molecule has 0 bridgehead atoms. The summed E-state index contributed by atoms with van der Waals surface area (Å²) < 4.78 is 10.0. The number of carbonyl (C=O) groups excluding carboxylic acids is 2. The van der Waals surface area contributed by atoms with E-state index in [1.165, 1.54) is 19.5 Å². The zero-order valence-electron chi connectivity index (χ0n) is 15.3. The highest BCUT2D eigenvalue weighted by Crippen LogP contribution is 2.26. The summed E-state index contributed by atoms with van der Waals surface area (Å²) >= 11 is 0. The smallest absolute Gasteiger partial charge is 0.339 e. The van der Waals surface area contributed by atoms with Crippen molar-refractivity contribution in [1.82, 2.24) is 9.97 Å². The number of anilines is 3. The van der Waals surface area contributed by atoms with Crippen LogP contribution < -0.4 is 15.4 Å². The predicted octanol–water partition coefficient (Wildman–Crippen LogP) is 3.27. The lowest BCUT2D eigenvalue weighted by atomic mass is 10.1. The number of esters is 1. The fraction of sp³-hybridized carbons (Fsp3) is 0.100. The van der Waals surface area contributed by atoms with Crippen LogP contribution >= 0.6 is 0 Å². The second kappa shape index (κ2) is 8.63. The van der Waals surface area contributed by atoms with Crippen molar-refractivity contribution in [3.63, 3.8) is 0 Å². The molecular formula is C20H18N4O4. The van der Waals surface area contributed by atoms with Gasteiger partial charge in [-0.1, -0.05) is 24.3 Å². The lowest BCUT2D eigenvalue weighted by molar-refractivity contribution is 0.0602. The number of rotatable bonds is 6. The Labute approximate surface area is 161 Å². The summed E-state index contributed by atoms with van der Waals surface area (Å²) in [7, 11) is 2.85. The third-order valence-corrected chi connectivity index (χ3v) is 3.85. The molecule has 8 nitrogen and oxygen atoms in total. The summed E-state index contributed by atoms with van der Waals surface area (Å²) in [6.07, 6.45) is 1.28. The molecule has 142 valence electrons. The zero-order valence-corrected chi connectivity index (χ0v) is 15.3. The van der Waals surface area contributed by atoms with Crippen LogP contribution in [0.5, 0.6) is 5.75 Å². The third-order valence-electron chi connectivity index (χ3n) is 3.85.